The fraction of sp³-hybridized carbons (Fsp3) is 0.333. The summed E-state index contributed by atoms with van der Waals surface area (Å²) in [6, 6.07) is 16.4. The first kappa shape index (κ1) is 19.2. The van der Waals surface area contributed by atoms with E-state index < -0.39 is 0 Å². The van der Waals surface area contributed by atoms with Crippen molar-refractivity contribution in [1.82, 2.24) is 9.80 Å². The quantitative estimate of drug-likeness (QED) is 0.790. The van der Waals surface area contributed by atoms with Crippen molar-refractivity contribution < 1.29 is 14.3 Å². The van der Waals surface area contributed by atoms with E-state index in [2.05, 4.69) is 0 Å². The molecule has 0 aliphatic carbocycles. The number of halogens is 1. The van der Waals surface area contributed by atoms with E-state index >= 15 is 0 Å². The predicted molar refractivity (Wildman–Crippen MR) is 105 cm³/mol. The summed E-state index contributed by atoms with van der Waals surface area (Å²) in [6.45, 7) is 2.74. The lowest BCUT2D eigenvalue weighted by Crippen LogP contribution is -2.37. The lowest BCUT2D eigenvalue weighted by molar-refractivity contribution is -0.131. The Labute approximate surface area is 164 Å². The summed E-state index contributed by atoms with van der Waals surface area (Å²) in [4.78, 5) is 28.7. The van der Waals surface area contributed by atoms with Crippen molar-refractivity contribution in [3.05, 3.63) is 65.2 Å². The Bertz CT molecular complexity index is 765. The van der Waals surface area contributed by atoms with E-state index in [1.54, 1.807) is 29.2 Å². The van der Waals surface area contributed by atoms with E-state index in [0.717, 1.165) is 12.2 Å². The standard InChI is InChI=1S/C21H23ClN2O3/c22-18-9-7-17(8-10-18)21(26)24-13-4-12-23(14-15-24)20(25)11-16-27-19-5-2-1-3-6-19/h1-3,5-10H,4,11-16H2. The highest BCUT2D eigenvalue weighted by Gasteiger charge is 2.22. The van der Waals surface area contributed by atoms with Crippen LogP contribution in [0.4, 0.5) is 0 Å². The lowest BCUT2D eigenvalue weighted by atomic mass is 10.2. The van der Waals surface area contributed by atoms with E-state index in [-0.39, 0.29) is 11.8 Å². The Hall–Kier alpha value is -2.53. The molecule has 0 aromatic heterocycles. The van der Waals surface area contributed by atoms with Gasteiger partial charge in [0.05, 0.1) is 13.0 Å². The number of benzene rings is 2. The summed E-state index contributed by atoms with van der Waals surface area (Å²) in [5.74, 6) is 0.806. The van der Waals surface area contributed by atoms with Crippen molar-refractivity contribution >= 4 is 23.4 Å². The van der Waals surface area contributed by atoms with E-state index in [1.165, 1.54) is 0 Å². The zero-order chi connectivity index (χ0) is 19.1. The molecule has 2 amide bonds. The maximum atomic E-state index is 12.6. The molecule has 2 aromatic rings. The number of carbonyl (C=O) groups is 2. The van der Waals surface area contributed by atoms with Crippen molar-refractivity contribution in [3.8, 4) is 5.75 Å². The second-order valence-corrected chi connectivity index (χ2v) is 6.88. The van der Waals surface area contributed by atoms with E-state index in [0.29, 0.717) is 49.8 Å². The second-order valence-electron chi connectivity index (χ2n) is 6.44. The largest absolute Gasteiger partial charge is 0.493 e. The van der Waals surface area contributed by atoms with Gasteiger partial charge in [0.15, 0.2) is 0 Å². The molecule has 1 fully saturated rings. The number of amides is 2. The summed E-state index contributed by atoms with van der Waals surface area (Å²) >= 11 is 5.88. The summed E-state index contributed by atoms with van der Waals surface area (Å²) < 4.78 is 5.60. The van der Waals surface area contributed by atoms with Crippen molar-refractivity contribution in [1.29, 1.82) is 0 Å². The molecule has 1 aliphatic rings. The highest BCUT2D eigenvalue weighted by atomic mass is 35.5. The molecule has 0 unspecified atom stereocenters. The molecule has 0 bridgehead atoms. The maximum Gasteiger partial charge on any atom is 0.253 e. The first-order chi connectivity index (χ1) is 13.1. The van der Waals surface area contributed by atoms with Gasteiger partial charge in [0, 0.05) is 36.8 Å². The molecule has 1 aliphatic heterocycles. The number of rotatable bonds is 5. The molecule has 142 valence electrons. The topological polar surface area (TPSA) is 49.9 Å². The van der Waals surface area contributed by atoms with Crippen LogP contribution in [-0.2, 0) is 4.79 Å². The van der Waals surface area contributed by atoms with Gasteiger partial charge in [-0.1, -0.05) is 29.8 Å². The van der Waals surface area contributed by atoms with Gasteiger partial charge in [-0.2, -0.15) is 0 Å². The summed E-state index contributed by atoms with van der Waals surface area (Å²) in [7, 11) is 0. The Kier molecular flexibility index (Phi) is 6.71. The molecule has 0 saturated carbocycles. The fourth-order valence-electron chi connectivity index (χ4n) is 3.08. The monoisotopic (exact) mass is 386 g/mol. The van der Waals surface area contributed by atoms with E-state index in [9.17, 15) is 9.59 Å². The van der Waals surface area contributed by atoms with Crippen LogP contribution in [0.25, 0.3) is 0 Å². The summed E-state index contributed by atoms with van der Waals surface area (Å²) in [5.41, 5.74) is 0.621. The van der Waals surface area contributed by atoms with E-state index in [1.807, 2.05) is 35.2 Å². The van der Waals surface area contributed by atoms with Crippen LogP contribution in [0.3, 0.4) is 0 Å². The van der Waals surface area contributed by atoms with Crippen LogP contribution in [0.15, 0.2) is 54.6 Å². The first-order valence-electron chi connectivity index (χ1n) is 9.14. The zero-order valence-corrected chi connectivity index (χ0v) is 15.9. The van der Waals surface area contributed by atoms with Crippen LogP contribution in [0.1, 0.15) is 23.2 Å². The predicted octanol–water partition coefficient (Wildman–Crippen LogP) is 3.48. The molecule has 6 heteroatoms. The highest BCUT2D eigenvalue weighted by Crippen LogP contribution is 2.14. The summed E-state index contributed by atoms with van der Waals surface area (Å²) in [5, 5.41) is 0.608. The third-order valence-corrected chi connectivity index (χ3v) is 4.81. The molecule has 2 aromatic carbocycles. The number of ether oxygens (including phenoxy) is 1. The minimum Gasteiger partial charge on any atom is -0.493 e. The number of hydrogen-bond donors (Lipinski definition) is 0. The van der Waals surface area contributed by atoms with Crippen molar-refractivity contribution in [3.63, 3.8) is 0 Å². The fourth-order valence-corrected chi connectivity index (χ4v) is 3.20. The highest BCUT2D eigenvalue weighted by molar-refractivity contribution is 6.30. The smallest absolute Gasteiger partial charge is 0.253 e. The molecule has 27 heavy (non-hydrogen) atoms. The van der Waals surface area contributed by atoms with E-state index in [4.69, 9.17) is 16.3 Å². The average Bonchev–Trinajstić information content (AvgIpc) is 2.95. The van der Waals surface area contributed by atoms with Gasteiger partial charge in [-0.15, -0.1) is 0 Å². The van der Waals surface area contributed by atoms with Crippen LogP contribution in [0.5, 0.6) is 5.75 Å². The molecule has 1 saturated heterocycles. The Balaban J connectivity index is 1.48. The molecule has 3 rings (SSSR count). The number of nitrogens with zero attached hydrogens (tertiary/aromatic N) is 2. The Morgan fingerprint density at radius 2 is 1.56 bits per heavy atom. The van der Waals surface area contributed by atoms with Gasteiger partial charge in [0.2, 0.25) is 5.91 Å². The van der Waals surface area contributed by atoms with Gasteiger partial charge in [0.1, 0.15) is 5.75 Å². The number of carbonyl (C=O) groups excluding carboxylic acids is 2. The maximum absolute atomic E-state index is 12.6. The van der Waals surface area contributed by atoms with Gasteiger partial charge < -0.3 is 14.5 Å². The molecule has 0 N–H and O–H groups in total. The minimum absolute atomic E-state index is 0.0200. The molecule has 0 spiro atoms. The molecule has 0 atom stereocenters. The molecule has 5 nitrogen and oxygen atoms in total. The summed E-state index contributed by atoms with van der Waals surface area (Å²) in [6.07, 6.45) is 1.10. The zero-order valence-electron chi connectivity index (χ0n) is 15.1. The molecular formula is C21H23ClN2O3. The molecule has 0 radical (unpaired) electrons. The average molecular weight is 387 g/mol. The van der Waals surface area contributed by atoms with Crippen LogP contribution < -0.4 is 4.74 Å². The number of para-hydroxylation sites is 1. The van der Waals surface area contributed by atoms with Gasteiger partial charge in [-0.05, 0) is 42.8 Å². The van der Waals surface area contributed by atoms with Crippen LogP contribution in [0.2, 0.25) is 5.02 Å². The van der Waals surface area contributed by atoms with Gasteiger partial charge in [-0.3, -0.25) is 9.59 Å². The van der Waals surface area contributed by atoms with Crippen molar-refractivity contribution in [2.45, 2.75) is 12.8 Å². The Morgan fingerprint density at radius 1 is 0.889 bits per heavy atom. The van der Waals surface area contributed by atoms with Crippen LogP contribution in [0, 0.1) is 0 Å². The lowest BCUT2D eigenvalue weighted by Gasteiger charge is -2.22. The molecule has 1 heterocycles. The van der Waals surface area contributed by atoms with Crippen molar-refractivity contribution in [2.75, 3.05) is 32.8 Å². The van der Waals surface area contributed by atoms with Gasteiger partial charge in [-0.25, -0.2) is 0 Å². The van der Waals surface area contributed by atoms with Crippen LogP contribution >= 0.6 is 11.6 Å². The number of hydrogen-bond acceptors (Lipinski definition) is 3. The normalized spacial score (nSPS) is 14.6. The first-order valence-corrected chi connectivity index (χ1v) is 9.52. The molecular weight excluding hydrogens is 364 g/mol. The van der Waals surface area contributed by atoms with Crippen molar-refractivity contribution in [2.24, 2.45) is 0 Å². The minimum atomic E-state index is -0.0200. The van der Waals surface area contributed by atoms with Gasteiger partial charge in [0.25, 0.3) is 5.91 Å². The van der Waals surface area contributed by atoms with Gasteiger partial charge >= 0.3 is 0 Å². The van der Waals surface area contributed by atoms with Crippen LogP contribution in [-0.4, -0.2) is 54.4 Å². The third kappa shape index (κ3) is 5.47. The Morgan fingerprint density at radius 3 is 2.30 bits per heavy atom. The SMILES string of the molecule is O=C(CCOc1ccccc1)N1CCCN(C(=O)c2ccc(Cl)cc2)CC1. The second kappa shape index (κ2) is 9.42. The third-order valence-electron chi connectivity index (χ3n) is 4.55.